The van der Waals surface area contributed by atoms with E-state index in [2.05, 4.69) is 4.74 Å². The van der Waals surface area contributed by atoms with Gasteiger partial charge in [-0.05, 0) is 24.3 Å². The number of hydrogen-bond acceptors (Lipinski definition) is 4. The summed E-state index contributed by atoms with van der Waals surface area (Å²) in [6.45, 7) is 0. The summed E-state index contributed by atoms with van der Waals surface area (Å²) in [5.41, 5.74) is 5.43. The van der Waals surface area contributed by atoms with Gasteiger partial charge >= 0.3 is 5.97 Å². The van der Waals surface area contributed by atoms with Gasteiger partial charge < -0.3 is 10.5 Å². The van der Waals surface area contributed by atoms with Crippen LogP contribution in [0, 0.1) is 17.5 Å². The number of ether oxygens (including phenoxy) is 1. The van der Waals surface area contributed by atoms with Crippen LogP contribution in [0.3, 0.4) is 0 Å². The number of esters is 1. The minimum atomic E-state index is -0.823. The minimum Gasteiger partial charge on any atom is -0.465 e. The minimum absolute atomic E-state index is 0.0184. The zero-order chi connectivity index (χ0) is 15.6. The summed E-state index contributed by atoms with van der Waals surface area (Å²) in [4.78, 5) is 11.5. The Hall–Kier alpha value is -2.15. The Kier molecular flexibility index (Phi) is 4.42. The van der Waals surface area contributed by atoms with Crippen molar-refractivity contribution in [2.24, 2.45) is 0 Å². The quantitative estimate of drug-likeness (QED) is 0.694. The Labute approximate surface area is 122 Å². The van der Waals surface area contributed by atoms with Gasteiger partial charge in [-0.1, -0.05) is 11.8 Å². The highest BCUT2D eigenvalue weighted by atomic mass is 32.2. The molecule has 0 saturated heterocycles. The highest BCUT2D eigenvalue weighted by molar-refractivity contribution is 7.99. The molecule has 0 fully saturated rings. The number of rotatable bonds is 3. The van der Waals surface area contributed by atoms with Gasteiger partial charge in [-0.25, -0.2) is 18.0 Å². The lowest BCUT2D eigenvalue weighted by molar-refractivity contribution is 0.0601. The lowest BCUT2D eigenvalue weighted by atomic mass is 10.2. The summed E-state index contributed by atoms with van der Waals surface area (Å²) in [7, 11) is 1.16. The third-order valence-corrected chi connectivity index (χ3v) is 3.71. The molecule has 0 heterocycles. The topological polar surface area (TPSA) is 52.3 Å². The van der Waals surface area contributed by atoms with Crippen LogP contribution < -0.4 is 5.73 Å². The molecule has 110 valence electrons. The maximum absolute atomic E-state index is 13.8. The molecule has 0 unspecified atom stereocenters. The first-order valence-electron chi connectivity index (χ1n) is 5.72. The van der Waals surface area contributed by atoms with Crippen molar-refractivity contribution in [2.45, 2.75) is 9.79 Å². The Balaban J connectivity index is 2.42. The van der Waals surface area contributed by atoms with Gasteiger partial charge in [-0.15, -0.1) is 0 Å². The van der Waals surface area contributed by atoms with Gasteiger partial charge in [0.15, 0.2) is 0 Å². The van der Waals surface area contributed by atoms with E-state index in [-0.39, 0.29) is 21.0 Å². The Morgan fingerprint density at radius 3 is 2.38 bits per heavy atom. The van der Waals surface area contributed by atoms with E-state index in [1.165, 1.54) is 12.1 Å². The van der Waals surface area contributed by atoms with Crippen molar-refractivity contribution in [3.63, 3.8) is 0 Å². The number of methoxy groups -OCH3 is 1. The Bertz CT molecular complexity index is 707. The highest BCUT2D eigenvalue weighted by Gasteiger charge is 2.16. The van der Waals surface area contributed by atoms with Gasteiger partial charge in [0, 0.05) is 21.5 Å². The Morgan fingerprint density at radius 1 is 1.10 bits per heavy atom. The molecule has 0 spiro atoms. The number of carbonyl (C=O) groups excluding carboxylic acids is 1. The second kappa shape index (κ2) is 6.09. The molecule has 0 atom stereocenters. The second-order valence-corrected chi connectivity index (χ2v) is 5.12. The third kappa shape index (κ3) is 3.30. The van der Waals surface area contributed by atoms with Crippen molar-refractivity contribution in [2.75, 3.05) is 12.8 Å². The van der Waals surface area contributed by atoms with E-state index in [0.29, 0.717) is 6.07 Å². The highest BCUT2D eigenvalue weighted by Crippen LogP contribution is 2.34. The van der Waals surface area contributed by atoms with Crippen LogP contribution in [0.2, 0.25) is 0 Å². The molecule has 0 bridgehead atoms. The summed E-state index contributed by atoms with van der Waals surface area (Å²) in [6, 6.07) is 5.06. The molecule has 21 heavy (non-hydrogen) atoms. The molecule has 2 aromatic carbocycles. The molecule has 0 aliphatic rings. The van der Waals surface area contributed by atoms with Gasteiger partial charge in [0.25, 0.3) is 0 Å². The number of nitrogens with two attached hydrogens (primary N) is 1. The number of halogens is 3. The fourth-order valence-corrected chi connectivity index (χ4v) is 2.47. The Morgan fingerprint density at radius 2 is 1.76 bits per heavy atom. The first-order valence-corrected chi connectivity index (χ1v) is 6.54. The average Bonchev–Trinajstić information content (AvgIpc) is 2.43. The molecule has 2 aromatic rings. The smallest absolute Gasteiger partial charge is 0.339 e. The van der Waals surface area contributed by atoms with Crippen molar-refractivity contribution in [1.29, 1.82) is 0 Å². The summed E-state index contributed by atoms with van der Waals surface area (Å²) in [6.07, 6.45) is 0. The van der Waals surface area contributed by atoms with Crippen LogP contribution in [-0.4, -0.2) is 13.1 Å². The standard InChI is InChI=1S/C14H10F3NO2S/c1-20-14(19)8-5-13(10(17)6-11(8)18)21-12-3-2-7(15)4-9(12)16/h2-6H,18H2,1H3. The molecule has 0 aliphatic carbocycles. The van der Waals surface area contributed by atoms with Crippen LogP contribution in [-0.2, 0) is 4.74 Å². The predicted octanol–water partition coefficient (Wildman–Crippen LogP) is 3.62. The van der Waals surface area contributed by atoms with Crippen molar-refractivity contribution >= 4 is 23.4 Å². The van der Waals surface area contributed by atoms with Crippen molar-refractivity contribution in [3.8, 4) is 0 Å². The molecule has 0 radical (unpaired) electrons. The number of carbonyl (C=O) groups is 1. The van der Waals surface area contributed by atoms with Crippen molar-refractivity contribution in [1.82, 2.24) is 0 Å². The molecule has 0 amide bonds. The van der Waals surface area contributed by atoms with Gasteiger partial charge in [-0.3, -0.25) is 0 Å². The molecule has 0 aliphatic heterocycles. The van der Waals surface area contributed by atoms with E-state index in [9.17, 15) is 18.0 Å². The first kappa shape index (κ1) is 15.2. The van der Waals surface area contributed by atoms with Gasteiger partial charge in [0.1, 0.15) is 17.5 Å². The molecular weight excluding hydrogens is 303 g/mol. The number of hydrogen-bond donors (Lipinski definition) is 1. The van der Waals surface area contributed by atoms with E-state index in [1.807, 2.05) is 0 Å². The maximum Gasteiger partial charge on any atom is 0.339 e. The third-order valence-electron chi connectivity index (χ3n) is 2.62. The van der Waals surface area contributed by atoms with Gasteiger partial charge in [0.2, 0.25) is 0 Å². The zero-order valence-electron chi connectivity index (χ0n) is 10.8. The van der Waals surface area contributed by atoms with E-state index in [0.717, 1.165) is 31.0 Å². The van der Waals surface area contributed by atoms with Crippen LogP contribution >= 0.6 is 11.8 Å². The zero-order valence-corrected chi connectivity index (χ0v) is 11.6. The number of benzene rings is 2. The average molecular weight is 313 g/mol. The SMILES string of the molecule is COC(=O)c1cc(Sc2ccc(F)cc2F)c(F)cc1N. The number of nitrogen functional groups attached to an aromatic ring is 1. The molecular formula is C14H10F3NO2S. The largest absolute Gasteiger partial charge is 0.465 e. The maximum atomic E-state index is 13.8. The fourth-order valence-electron chi connectivity index (χ4n) is 1.61. The molecule has 3 nitrogen and oxygen atoms in total. The normalized spacial score (nSPS) is 10.5. The molecule has 2 N–H and O–H groups in total. The van der Waals surface area contributed by atoms with Crippen LogP contribution in [0.4, 0.5) is 18.9 Å². The first-order chi connectivity index (χ1) is 9.92. The van der Waals surface area contributed by atoms with Gasteiger partial charge in [0.05, 0.1) is 12.7 Å². The van der Waals surface area contributed by atoms with Crippen LogP contribution in [0.25, 0.3) is 0 Å². The molecule has 0 aromatic heterocycles. The lowest BCUT2D eigenvalue weighted by Gasteiger charge is -2.09. The molecule has 2 rings (SSSR count). The van der Waals surface area contributed by atoms with E-state index < -0.39 is 23.4 Å². The van der Waals surface area contributed by atoms with E-state index in [4.69, 9.17) is 5.73 Å². The molecule has 0 saturated carbocycles. The van der Waals surface area contributed by atoms with Crippen LogP contribution in [0.5, 0.6) is 0 Å². The van der Waals surface area contributed by atoms with Crippen molar-refractivity contribution < 1.29 is 22.7 Å². The predicted molar refractivity (Wildman–Crippen MR) is 72.6 cm³/mol. The summed E-state index contributed by atoms with van der Waals surface area (Å²) >= 11 is 0.720. The second-order valence-electron chi connectivity index (χ2n) is 4.04. The van der Waals surface area contributed by atoms with E-state index >= 15 is 0 Å². The van der Waals surface area contributed by atoms with Crippen LogP contribution in [0.15, 0.2) is 40.1 Å². The van der Waals surface area contributed by atoms with E-state index in [1.54, 1.807) is 0 Å². The summed E-state index contributed by atoms with van der Waals surface area (Å²) in [5.74, 6) is -3.00. The fraction of sp³-hybridized carbons (Fsp3) is 0.0714. The summed E-state index contributed by atoms with van der Waals surface area (Å²) < 4.78 is 44.8. The summed E-state index contributed by atoms with van der Waals surface area (Å²) in [5, 5.41) is 0. The van der Waals surface area contributed by atoms with Gasteiger partial charge in [-0.2, -0.15) is 0 Å². The lowest BCUT2D eigenvalue weighted by Crippen LogP contribution is -2.06. The molecule has 7 heteroatoms. The van der Waals surface area contributed by atoms with Crippen molar-refractivity contribution in [3.05, 3.63) is 53.3 Å². The number of anilines is 1. The van der Waals surface area contributed by atoms with Crippen LogP contribution in [0.1, 0.15) is 10.4 Å². The monoisotopic (exact) mass is 313 g/mol.